The van der Waals surface area contributed by atoms with Crippen LogP contribution in [0.3, 0.4) is 0 Å². The highest BCUT2D eigenvalue weighted by molar-refractivity contribution is 6.38. The number of aromatic nitrogens is 1. The quantitative estimate of drug-likeness (QED) is 0.849. The van der Waals surface area contributed by atoms with E-state index in [0.29, 0.717) is 15.7 Å². The Morgan fingerprint density at radius 1 is 1.15 bits per heavy atom. The molecule has 1 aromatic carbocycles. The molecule has 5 heteroatoms. The molecule has 2 rings (SSSR count). The van der Waals surface area contributed by atoms with Crippen LogP contribution >= 0.6 is 23.2 Å². The molecule has 0 bridgehead atoms. The fourth-order valence-corrected chi connectivity index (χ4v) is 2.52. The normalized spacial score (nSPS) is 11.0. The Kier molecular flexibility index (Phi) is 5.24. The monoisotopic (exact) mass is 309 g/mol. The number of hydrogen-bond acceptors (Lipinski definition) is 3. The second kappa shape index (κ2) is 6.93. The highest BCUT2D eigenvalue weighted by atomic mass is 35.5. The van der Waals surface area contributed by atoms with Crippen LogP contribution in [0.2, 0.25) is 10.0 Å². The van der Waals surface area contributed by atoms with Crippen molar-refractivity contribution in [3.8, 4) is 0 Å². The Bertz CT molecular complexity index is 550. The molecular weight excluding hydrogens is 293 g/mol. The molecule has 0 amide bonds. The number of nitrogens with zero attached hydrogens (tertiary/aromatic N) is 2. The molecule has 1 aromatic heterocycles. The highest BCUT2D eigenvalue weighted by Crippen LogP contribution is 2.29. The van der Waals surface area contributed by atoms with Crippen molar-refractivity contribution in [2.45, 2.75) is 20.0 Å². The van der Waals surface area contributed by atoms with Gasteiger partial charge in [-0.25, -0.2) is 0 Å². The summed E-state index contributed by atoms with van der Waals surface area (Å²) in [6.07, 6.45) is 1.81. The van der Waals surface area contributed by atoms with Crippen LogP contribution in [0.15, 0.2) is 36.5 Å². The Labute approximate surface area is 129 Å². The van der Waals surface area contributed by atoms with E-state index in [1.807, 2.05) is 30.3 Å². The van der Waals surface area contributed by atoms with Crippen LogP contribution in [0.25, 0.3) is 0 Å². The van der Waals surface area contributed by atoms with Crippen molar-refractivity contribution < 1.29 is 0 Å². The summed E-state index contributed by atoms with van der Waals surface area (Å²) in [4.78, 5) is 6.61. The zero-order valence-electron chi connectivity index (χ0n) is 11.3. The molecule has 0 saturated heterocycles. The summed E-state index contributed by atoms with van der Waals surface area (Å²) in [5.74, 6) is 0. The average molecular weight is 310 g/mol. The topological polar surface area (TPSA) is 42.1 Å². The molecule has 0 atom stereocenters. The number of anilines is 1. The summed E-state index contributed by atoms with van der Waals surface area (Å²) in [5, 5.41) is 1.00. The van der Waals surface area contributed by atoms with E-state index in [1.165, 1.54) is 0 Å². The first-order valence-corrected chi connectivity index (χ1v) is 7.21. The molecule has 0 radical (unpaired) electrons. The number of pyridine rings is 1. The minimum Gasteiger partial charge on any atom is -0.396 e. The van der Waals surface area contributed by atoms with Crippen molar-refractivity contribution >= 4 is 28.9 Å². The van der Waals surface area contributed by atoms with Crippen LogP contribution in [0, 0.1) is 0 Å². The van der Waals surface area contributed by atoms with Gasteiger partial charge in [0.15, 0.2) is 0 Å². The van der Waals surface area contributed by atoms with Crippen molar-refractivity contribution in [3.05, 3.63) is 57.8 Å². The van der Waals surface area contributed by atoms with E-state index >= 15 is 0 Å². The van der Waals surface area contributed by atoms with E-state index < -0.39 is 0 Å². The molecule has 0 aliphatic heterocycles. The predicted molar refractivity (Wildman–Crippen MR) is 84.9 cm³/mol. The molecule has 0 unspecified atom stereocenters. The number of rotatable bonds is 5. The molecule has 20 heavy (non-hydrogen) atoms. The van der Waals surface area contributed by atoms with Crippen molar-refractivity contribution in [2.24, 2.45) is 0 Å². The molecule has 0 fully saturated rings. The first-order valence-electron chi connectivity index (χ1n) is 6.45. The largest absolute Gasteiger partial charge is 0.396 e. The Balaban J connectivity index is 2.10. The van der Waals surface area contributed by atoms with Crippen molar-refractivity contribution in [3.63, 3.8) is 0 Å². The van der Waals surface area contributed by atoms with Gasteiger partial charge < -0.3 is 5.73 Å². The maximum Gasteiger partial charge on any atom is 0.0693 e. The second-order valence-corrected chi connectivity index (χ2v) is 5.41. The Morgan fingerprint density at radius 2 is 1.85 bits per heavy atom. The second-order valence-electron chi connectivity index (χ2n) is 4.60. The third-order valence-corrected chi connectivity index (χ3v) is 3.73. The summed E-state index contributed by atoms with van der Waals surface area (Å²) < 4.78 is 0. The van der Waals surface area contributed by atoms with E-state index in [-0.39, 0.29) is 0 Å². The fourth-order valence-electron chi connectivity index (χ4n) is 1.99. The summed E-state index contributed by atoms with van der Waals surface area (Å²) in [5.41, 5.74) is 8.28. The average Bonchev–Trinajstić information content (AvgIpc) is 2.45. The maximum absolute atomic E-state index is 6.07. The Hall–Kier alpha value is -1.29. The lowest BCUT2D eigenvalue weighted by atomic mass is 10.2. The van der Waals surface area contributed by atoms with Gasteiger partial charge in [0.1, 0.15) is 0 Å². The van der Waals surface area contributed by atoms with Gasteiger partial charge >= 0.3 is 0 Å². The van der Waals surface area contributed by atoms with Gasteiger partial charge in [0.25, 0.3) is 0 Å². The summed E-state index contributed by atoms with van der Waals surface area (Å²) >= 11 is 12.1. The number of nitrogen functional groups attached to an aromatic ring is 1. The standard InChI is InChI=1S/C15H17Cl2N3/c1-2-20(10-12-5-3-4-6-19-12)9-11-7-13(16)15(18)14(17)8-11/h3-8H,2,9-10,18H2,1H3. The van der Waals surface area contributed by atoms with Crippen molar-refractivity contribution in [1.29, 1.82) is 0 Å². The molecule has 0 saturated carbocycles. The van der Waals surface area contributed by atoms with Gasteiger partial charge in [0.2, 0.25) is 0 Å². The van der Waals surface area contributed by atoms with Gasteiger partial charge in [-0.15, -0.1) is 0 Å². The first-order chi connectivity index (χ1) is 9.60. The van der Waals surface area contributed by atoms with Gasteiger partial charge in [-0.05, 0) is 36.4 Å². The Morgan fingerprint density at radius 3 is 2.40 bits per heavy atom. The molecule has 0 spiro atoms. The van der Waals surface area contributed by atoms with Crippen molar-refractivity contribution in [2.75, 3.05) is 12.3 Å². The fraction of sp³-hybridized carbons (Fsp3) is 0.267. The van der Waals surface area contributed by atoms with E-state index in [1.54, 1.807) is 6.20 Å². The molecule has 2 N–H and O–H groups in total. The van der Waals surface area contributed by atoms with E-state index in [2.05, 4.69) is 16.8 Å². The van der Waals surface area contributed by atoms with Gasteiger partial charge in [0.05, 0.1) is 21.4 Å². The van der Waals surface area contributed by atoms with Gasteiger partial charge in [-0.2, -0.15) is 0 Å². The molecule has 106 valence electrons. The SMILES string of the molecule is CCN(Cc1cc(Cl)c(N)c(Cl)c1)Cc1ccccn1. The number of nitrogens with two attached hydrogens (primary N) is 1. The smallest absolute Gasteiger partial charge is 0.0693 e. The molecular formula is C15H17Cl2N3. The van der Waals surface area contributed by atoms with Crippen LogP contribution in [0.1, 0.15) is 18.2 Å². The summed E-state index contributed by atoms with van der Waals surface area (Å²) in [6, 6.07) is 9.66. The predicted octanol–water partition coefficient (Wildman–Crippen LogP) is 3.99. The first kappa shape index (κ1) is 15.1. The lowest BCUT2D eigenvalue weighted by Gasteiger charge is -2.20. The lowest BCUT2D eigenvalue weighted by molar-refractivity contribution is 0.268. The molecule has 0 aliphatic carbocycles. The van der Waals surface area contributed by atoms with E-state index in [4.69, 9.17) is 28.9 Å². The zero-order valence-corrected chi connectivity index (χ0v) is 12.8. The zero-order chi connectivity index (χ0) is 14.5. The van der Waals surface area contributed by atoms with E-state index in [0.717, 1.165) is 30.9 Å². The molecule has 0 aliphatic rings. The van der Waals surface area contributed by atoms with Gasteiger partial charge in [-0.1, -0.05) is 36.2 Å². The van der Waals surface area contributed by atoms with Gasteiger partial charge in [-0.3, -0.25) is 9.88 Å². The summed E-state index contributed by atoms with van der Waals surface area (Å²) in [7, 11) is 0. The number of benzene rings is 1. The number of hydrogen-bond donors (Lipinski definition) is 1. The maximum atomic E-state index is 6.07. The van der Waals surface area contributed by atoms with Crippen molar-refractivity contribution in [1.82, 2.24) is 9.88 Å². The minimum atomic E-state index is 0.435. The van der Waals surface area contributed by atoms with Crippen LogP contribution in [0.4, 0.5) is 5.69 Å². The molecule has 1 heterocycles. The highest BCUT2D eigenvalue weighted by Gasteiger charge is 2.09. The third-order valence-electron chi connectivity index (χ3n) is 3.10. The van der Waals surface area contributed by atoms with Gasteiger partial charge in [0, 0.05) is 19.3 Å². The third kappa shape index (κ3) is 3.85. The lowest BCUT2D eigenvalue weighted by Crippen LogP contribution is -2.22. The summed E-state index contributed by atoms with van der Waals surface area (Å²) in [6.45, 7) is 4.57. The van der Waals surface area contributed by atoms with Crippen LogP contribution in [-0.2, 0) is 13.1 Å². The van der Waals surface area contributed by atoms with E-state index in [9.17, 15) is 0 Å². The van der Waals surface area contributed by atoms with Crippen LogP contribution in [-0.4, -0.2) is 16.4 Å². The molecule has 2 aromatic rings. The number of halogens is 2. The minimum absolute atomic E-state index is 0.435. The van der Waals surface area contributed by atoms with Crippen LogP contribution < -0.4 is 5.73 Å². The molecule has 3 nitrogen and oxygen atoms in total. The van der Waals surface area contributed by atoms with Crippen LogP contribution in [0.5, 0.6) is 0 Å².